The van der Waals surface area contributed by atoms with Crippen LogP contribution in [0.25, 0.3) is 0 Å². The summed E-state index contributed by atoms with van der Waals surface area (Å²) in [5.74, 6) is 1.10. The van der Waals surface area contributed by atoms with E-state index in [0.29, 0.717) is 29.3 Å². The predicted molar refractivity (Wildman–Crippen MR) is 76.8 cm³/mol. The van der Waals surface area contributed by atoms with Gasteiger partial charge in [0, 0.05) is 25.0 Å². The van der Waals surface area contributed by atoms with Crippen molar-refractivity contribution in [2.45, 2.75) is 71.4 Å². The van der Waals surface area contributed by atoms with Crippen LogP contribution in [0.15, 0.2) is 0 Å². The molecule has 3 rings (SSSR count). The van der Waals surface area contributed by atoms with Crippen LogP contribution in [0.1, 0.15) is 59.3 Å². The monoisotopic (exact) mass is 264 g/mol. The molecule has 0 radical (unpaired) electrons. The standard InChI is InChI=1S/C16H28N2O/c1-15(2)11-6-8-16(15,3)13(10-11)17-9-7-14(19)18-12-4-5-12/h11-13,17H,4-10H2,1-3H3,(H,18,19). The van der Waals surface area contributed by atoms with Gasteiger partial charge < -0.3 is 10.6 Å². The normalized spacial score (nSPS) is 39.5. The zero-order valence-electron chi connectivity index (χ0n) is 12.6. The molecule has 3 saturated carbocycles. The summed E-state index contributed by atoms with van der Waals surface area (Å²) in [4.78, 5) is 11.7. The first-order valence-electron chi connectivity index (χ1n) is 7.96. The Kier molecular flexibility index (Phi) is 3.16. The second kappa shape index (κ2) is 4.47. The van der Waals surface area contributed by atoms with Crippen molar-refractivity contribution < 1.29 is 4.79 Å². The van der Waals surface area contributed by atoms with Gasteiger partial charge >= 0.3 is 0 Å². The summed E-state index contributed by atoms with van der Waals surface area (Å²) in [5.41, 5.74) is 0.881. The second-order valence-electron chi connectivity index (χ2n) is 7.71. The summed E-state index contributed by atoms with van der Waals surface area (Å²) in [5, 5.41) is 6.73. The van der Waals surface area contributed by atoms with Crippen LogP contribution in [0.5, 0.6) is 0 Å². The number of rotatable bonds is 5. The third kappa shape index (κ3) is 2.20. The molecular weight excluding hydrogens is 236 g/mol. The van der Waals surface area contributed by atoms with E-state index in [9.17, 15) is 4.79 Å². The lowest BCUT2D eigenvalue weighted by Crippen LogP contribution is -2.45. The van der Waals surface area contributed by atoms with Crippen molar-refractivity contribution in [1.82, 2.24) is 10.6 Å². The Hall–Kier alpha value is -0.570. The largest absolute Gasteiger partial charge is 0.353 e. The van der Waals surface area contributed by atoms with Crippen LogP contribution in [-0.2, 0) is 4.79 Å². The number of carbonyl (C=O) groups is 1. The molecule has 0 aromatic heterocycles. The first-order valence-corrected chi connectivity index (χ1v) is 7.96. The summed E-state index contributed by atoms with van der Waals surface area (Å²) in [6, 6.07) is 1.10. The van der Waals surface area contributed by atoms with Gasteiger partial charge in [0.25, 0.3) is 0 Å². The minimum atomic E-state index is 0.225. The van der Waals surface area contributed by atoms with E-state index in [2.05, 4.69) is 31.4 Å². The average Bonchev–Trinajstić information content (AvgIpc) is 3.08. The number of amides is 1. The highest BCUT2D eigenvalue weighted by molar-refractivity contribution is 5.76. The first-order chi connectivity index (χ1) is 8.93. The third-order valence-corrected chi connectivity index (χ3v) is 6.48. The molecular formula is C16H28N2O. The molecule has 2 N–H and O–H groups in total. The van der Waals surface area contributed by atoms with Gasteiger partial charge in [-0.3, -0.25) is 4.79 Å². The quantitative estimate of drug-likeness (QED) is 0.801. The highest BCUT2D eigenvalue weighted by Crippen LogP contribution is 2.65. The topological polar surface area (TPSA) is 41.1 Å². The summed E-state index contributed by atoms with van der Waals surface area (Å²) in [6.07, 6.45) is 7.02. The Labute approximate surface area is 116 Å². The Morgan fingerprint density at radius 1 is 1.21 bits per heavy atom. The number of carbonyl (C=O) groups excluding carboxylic acids is 1. The molecule has 3 atom stereocenters. The zero-order chi connectivity index (χ0) is 13.7. The summed E-state index contributed by atoms with van der Waals surface area (Å²) < 4.78 is 0. The van der Waals surface area contributed by atoms with Gasteiger partial charge in [-0.05, 0) is 48.9 Å². The van der Waals surface area contributed by atoms with Crippen molar-refractivity contribution in [3.05, 3.63) is 0 Å². The number of nitrogens with one attached hydrogen (secondary N) is 2. The van der Waals surface area contributed by atoms with Crippen LogP contribution in [0.3, 0.4) is 0 Å². The average molecular weight is 264 g/mol. The van der Waals surface area contributed by atoms with E-state index in [-0.39, 0.29) is 5.91 Å². The molecule has 0 aliphatic heterocycles. The minimum absolute atomic E-state index is 0.225. The van der Waals surface area contributed by atoms with E-state index >= 15 is 0 Å². The SMILES string of the molecule is CC1(C)C2CCC1(C)C(NCCC(=O)NC1CC1)C2. The molecule has 0 spiro atoms. The molecule has 3 aliphatic rings. The van der Waals surface area contributed by atoms with Crippen molar-refractivity contribution in [3.63, 3.8) is 0 Å². The number of hydrogen-bond acceptors (Lipinski definition) is 2. The van der Waals surface area contributed by atoms with Crippen molar-refractivity contribution in [3.8, 4) is 0 Å². The van der Waals surface area contributed by atoms with Gasteiger partial charge in [-0.2, -0.15) is 0 Å². The zero-order valence-corrected chi connectivity index (χ0v) is 12.6. The molecule has 3 unspecified atom stereocenters. The van der Waals surface area contributed by atoms with Gasteiger partial charge in [-0.15, -0.1) is 0 Å². The molecule has 0 aromatic carbocycles. The molecule has 3 nitrogen and oxygen atoms in total. The molecule has 19 heavy (non-hydrogen) atoms. The molecule has 3 aliphatic carbocycles. The summed E-state index contributed by atoms with van der Waals surface area (Å²) in [6.45, 7) is 8.15. The van der Waals surface area contributed by atoms with E-state index < -0.39 is 0 Å². The van der Waals surface area contributed by atoms with Gasteiger partial charge in [0.1, 0.15) is 0 Å². The Morgan fingerprint density at radius 3 is 2.47 bits per heavy atom. The Morgan fingerprint density at radius 2 is 1.95 bits per heavy atom. The van der Waals surface area contributed by atoms with E-state index in [0.717, 1.165) is 12.5 Å². The van der Waals surface area contributed by atoms with E-state index in [1.54, 1.807) is 0 Å². The summed E-state index contributed by atoms with van der Waals surface area (Å²) >= 11 is 0. The minimum Gasteiger partial charge on any atom is -0.353 e. The molecule has 2 bridgehead atoms. The van der Waals surface area contributed by atoms with Crippen LogP contribution in [0.4, 0.5) is 0 Å². The third-order valence-electron chi connectivity index (χ3n) is 6.48. The van der Waals surface area contributed by atoms with Crippen molar-refractivity contribution in [2.75, 3.05) is 6.54 Å². The molecule has 108 valence electrons. The van der Waals surface area contributed by atoms with Gasteiger partial charge in [0.2, 0.25) is 5.91 Å². The molecule has 1 amide bonds. The summed E-state index contributed by atoms with van der Waals surface area (Å²) in [7, 11) is 0. The van der Waals surface area contributed by atoms with Crippen LogP contribution in [0.2, 0.25) is 0 Å². The smallest absolute Gasteiger partial charge is 0.221 e. The van der Waals surface area contributed by atoms with E-state index in [4.69, 9.17) is 0 Å². The van der Waals surface area contributed by atoms with Crippen molar-refractivity contribution in [2.24, 2.45) is 16.7 Å². The lowest BCUT2D eigenvalue weighted by Gasteiger charge is -2.39. The Balaban J connectivity index is 1.47. The maximum absolute atomic E-state index is 11.7. The van der Waals surface area contributed by atoms with Gasteiger partial charge in [-0.1, -0.05) is 20.8 Å². The fourth-order valence-electron chi connectivity index (χ4n) is 4.40. The van der Waals surface area contributed by atoms with Crippen LogP contribution in [-0.4, -0.2) is 24.5 Å². The van der Waals surface area contributed by atoms with Gasteiger partial charge in [0.05, 0.1) is 0 Å². The van der Waals surface area contributed by atoms with Crippen molar-refractivity contribution >= 4 is 5.91 Å². The fraction of sp³-hybridized carbons (Fsp3) is 0.938. The molecule has 0 heterocycles. The predicted octanol–water partition coefficient (Wildman–Crippen LogP) is 2.46. The maximum Gasteiger partial charge on any atom is 0.221 e. The Bertz CT molecular complexity index is 375. The van der Waals surface area contributed by atoms with Gasteiger partial charge in [-0.25, -0.2) is 0 Å². The molecule has 3 heteroatoms. The van der Waals surface area contributed by atoms with Crippen molar-refractivity contribution in [1.29, 1.82) is 0 Å². The lowest BCUT2D eigenvalue weighted by molar-refractivity contribution is -0.121. The maximum atomic E-state index is 11.7. The first kappa shape index (κ1) is 13.4. The van der Waals surface area contributed by atoms with Crippen LogP contribution < -0.4 is 10.6 Å². The number of fused-ring (bicyclic) bond motifs is 2. The second-order valence-corrected chi connectivity index (χ2v) is 7.71. The van der Waals surface area contributed by atoms with Crippen LogP contribution in [0, 0.1) is 16.7 Å². The molecule has 0 saturated heterocycles. The highest BCUT2D eigenvalue weighted by atomic mass is 16.1. The highest BCUT2D eigenvalue weighted by Gasteiger charge is 2.60. The van der Waals surface area contributed by atoms with Crippen LogP contribution >= 0.6 is 0 Å². The number of hydrogen-bond donors (Lipinski definition) is 2. The lowest BCUT2D eigenvalue weighted by atomic mass is 9.69. The van der Waals surface area contributed by atoms with Gasteiger partial charge in [0.15, 0.2) is 0 Å². The fourth-order valence-corrected chi connectivity index (χ4v) is 4.40. The molecule has 3 fully saturated rings. The van der Waals surface area contributed by atoms with E-state index in [1.165, 1.54) is 32.1 Å². The van der Waals surface area contributed by atoms with E-state index in [1.807, 2.05) is 0 Å². The molecule has 0 aromatic rings.